The van der Waals surface area contributed by atoms with Crippen molar-refractivity contribution in [3.63, 3.8) is 0 Å². The summed E-state index contributed by atoms with van der Waals surface area (Å²) in [5.74, 6) is 0. The Kier molecular flexibility index (Phi) is 3.23. The maximum Gasteiger partial charge on any atom is 0.466 e. The third-order valence-electron chi connectivity index (χ3n) is 5.59. The molecule has 4 fully saturated rings. The predicted molar refractivity (Wildman–Crippen MR) is 84.7 cm³/mol. The van der Waals surface area contributed by atoms with Crippen LogP contribution >= 0.6 is 0 Å². The van der Waals surface area contributed by atoms with Gasteiger partial charge in [0, 0.05) is 17.9 Å². The summed E-state index contributed by atoms with van der Waals surface area (Å²) in [7, 11) is -0.235. The molecule has 0 aromatic rings. The average Bonchev–Trinajstić information content (AvgIpc) is 2.84. The van der Waals surface area contributed by atoms with Crippen LogP contribution in [0.25, 0.3) is 0 Å². The van der Waals surface area contributed by atoms with Gasteiger partial charge in [0.1, 0.15) is 5.60 Å². The first-order valence-corrected chi connectivity index (χ1v) is 8.21. The molecule has 0 aromatic carbocycles. The molecule has 1 amide bonds. The first-order chi connectivity index (χ1) is 9.85. The van der Waals surface area contributed by atoms with Crippen LogP contribution in [0, 0.1) is 0 Å². The minimum atomic E-state index is -0.457. The molecule has 0 atom stereocenters. The molecule has 4 rings (SSSR count). The molecule has 3 saturated heterocycles. The minimum Gasteiger partial charge on any atom is -0.444 e. The van der Waals surface area contributed by atoms with Crippen molar-refractivity contribution < 1.29 is 18.8 Å². The van der Waals surface area contributed by atoms with Gasteiger partial charge in [0.2, 0.25) is 0 Å². The quantitative estimate of drug-likeness (QED) is 0.698. The van der Waals surface area contributed by atoms with E-state index in [1.165, 1.54) is 0 Å². The smallest absolute Gasteiger partial charge is 0.444 e. The summed E-state index contributed by atoms with van der Waals surface area (Å²) in [6, 6.07) is 0.272. The molecule has 3 aliphatic heterocycles. The lowest BCUT2D eigenvalue weighted by molar-refractivity contribution is 0.00578. The zero-order valence-corrected chi connectivity index (χ0v) is 14.9. The van der Waals surface area contributed by atoms with E-state index in [4.69, 9.17) is 14.0 Å². The zero-order chi connectivity index (χ0) is 16.6. The second-order valence-electron chi connectivity index (χ2n) is 9.12. The van der Waals surface area contributed by atoms with Crippen LogP contribution in [-0.4, -0.2) is 47.5 Å². The van der Waals surface area contributed by atoms with E-state index >= 15 is 0 Å². The van der Waals surface area contributed by atoms with Crippen molar-refractivity contribution in [3.05, 3.63) is 0 Å². The number of carbonyl (C=O) groups excluding carboxylic acids is 1. The van der Waals surface area contributed by atoms with Gasteiger partial charge in [0.15, 0.2) is 0 Å². The number of hydrogen-bond donors (Lipinski definition) is 0. The van der Waals surface area contributed by atoms with Gasteiger partial charge in [-0.05, 0) is 61.3 Å². The van der Waals surface area contributed by atoms with Crippen molar-refractivity contribution in [1.82, 2.24) is 4.90 Å². The highest BCUT2D eigenvalue weighted by Gasteiger charge is 2.69. The summed E-state index contributed by atoms with van der Waals surface area (Å²) in [5.41, 5.74) is -1.10. The highest BCUT2D eigenvalue weighted by Crippen LogP contribution is 2.62. The summed E-state index contributed by atoms with van der Waals surface area (Å²) >= 11 is 0. The van der Waals surface area contributed by atoms with Gasteiger partial charge in [-0.15, -0.1) is 0 Å². The van der Waals surface area contributed by atoms with Crippen LogP contribution in [0.1, 0.15) is 61.3 Å². The Bertz CT molecular complexity index is 475. The molecule has 1 aliphatic carbocycles. The molecule has 6 heteroatoms. The number of carbonyl (C=O) groups is 1. The molecule has 5 nitrogen and oxygen atoms in total. The Labute approximate surface area is 133 Å². The maximum absolute atomic E-state index is 12.3. The molecule has 3 heterocycles. The van der Waals surface area contributed by atoms with Gasteiger partial charge in [-0.3, -0.25) is 0 Å². The Morgan fingerprint density at radius 3 is 2.09 bits per heavy atom. The van der Waals surface area contributed by atoms with Crippen molar-refractivity contribution >= 4 is 13.2 Å². The zero-order valence-electron chi connectivity index (χ0n) is 14.9. The third kappa shape index (κ3) is 2.35. The molecule has 124 valence electrons. The fourth-order valence-electron chi connectivity index (χ4n) is 3.59. The van der Waals surface area contributed by atoms with Gasteiger partial charge in [0.05, 0.1) is 11.2 Å². The lowest BCUT2D eigenvalue weighted by Crippen LogP contribution is -2.43. The number of fused-ring (bicyclic) bond motifs is 1. The highest BCUT2D eigenvalue weighted by molar-refractivity contribution is 6.50. The van der Waals surface area contributed by atoms with Gasteiger partial charge in [-0.1, -0.05) is 0 Å². The maximum atomic E-state index is 12.3. The van der Waals surface area contributed by atoms with E-state index in [0.717, 1.165) is 12.8 Å². The van der Waals surface area contributed by atoms with E-state index in [2.05, 4.69) is 27.7 Å². The van der Waals surface area contributed by atoms with Crippen LogP contribution in [0.4, 0.5) is 4.79 Å². The van der Waals surface area contributed by atoms with E-state index in [9.17, 15) is 4.79 Å². The van der Waals surface area contributed by atoms with Crippen LogP contribution in [0.3, 0.4) is 0 Å². The number of hydrogen-bond acceptors (Lipinski definition) is 4. The molecular formula is C16H28BNO4. The lowest BCUT2D eigenvalue weighted by Gasteiger charge is -2.38. The molecule has 0 aromatic heterocycles. The summed E-state index contributed by atoms with van der Waals surface area (Å²) in [4.78, 5) is 14.2. The number of rotatable bonds is 1. The Hall–Kier alpha value is -0.745. The molecule has 2 bridgehead atoms. The van der Waals surface area contributed by atoms with Crippen LogP contribution in [0.2, 0.25) is 5.31 Å². The fourth-order valence-corrected chi connectivity index (χ4v) is 3.59. The van der Waals surface area contributed by atoms with Gasteiger partial charge in [-0.25, -0.2) is 4.79 Å². The molecule has 0 spiro atoms. The van der Waals surface area contributed by atoms with Crippen molar-refractivity contribution in [3.8, 4) is 0 Å². The van der Waals surface area contributed by atoms with Crippen LogP contribution in [-0.2, 0) is 14.0 Å². The van der Waals surface area contributed by atoms with Crippen molar-refractivity contribution in [2.75, 3.05) is 6.54 Å². The van der Waals surface area contributed by atoms with Crippen molar-refractivity contribution in [1.29, 1.82) is 0 Å². The van der Waals surface area contributed by atoms with Crippen LogP contribution < -0.4 is 0 Å². The Morgan fingerprint density at radius 1 is 1.14 bits per heavy atom. The van der Waals surface area contributed by atoms with E-state index < -0.39 is 5.60 Å². The van der Waals surface area contributed by atoms with Crippen LogP contribution in [0.15, 0.2) is 0 Å². The Morgan fingerprint density at radius 2 is 1.64 bits per heavy atom. The summed E-state index contributed by atoms with van der Waals surface area (Å²) in [5, 5.41) is -0.0629. The predicted octanol–water partition coefficient (Wildman–Crippen LogP) is 3.23. The molecule has 22 heavy (non-hydrogen) atoms. The molecular weight excluding hydrogens is 281 g/mol. The third-order valence-corrected chi connectivity index (χ3v) is 5.59. The van der Waals surface area contributed by atoms with Gasteiger partial charge in [-0.2, -0.15) is 0 Å². The fraction of sp³-hybridized carbons (Fsp3) is 0.938. The van der Waals surface area contributed by atoms with Gasteiger partial charge in [0.25, 0.3) is 0 Å². The first-order valence-electron chi connectivity index (χ1n) is 8.21. The van der Waals surface area contributed by atoms with Crippen molar-refractivity contribution in [2.45, 2.75) is 89.5 Å². The normalized spacial score (nSPS) is 35.5. The second kappa shape index (κ2) is 4.41. The molecule has 1 saturated carbocycles. The van der Waals surface area contributed by atoms with Crippen LogP contribution in [0.5, 0.6) is 0 Å². The Balaban J connectivity index is 1.69. The lowest BCUT2D eigenvalue weighted by atomic mass is 9.48. The highest BCUT2D eigenvalue weighted by atomic mass is 16.7. The SMILES string of the molecule is CC(C)(C)OC(=O)N1CC2(B3OC(C)(C)C(C)(C)O3)CC1C2. The minimum absolute atomic E-state index is 0.0629. The molecule has 0 N–H and O–H groups in total. The van der Waals surface area contributed by atoms with Crippen molar-refractivity contribution in [2.24, 2.45) is 0 Å². The molecule has 4 aliphatic rings. The van der Waals surface area contributed by atoms with Gasteiger partial charge < -0.3 is 18.9 Å². The number of ether oxygens (including phenoxy) is 1. The largest absolute Gasteiger partial charge is 0.466 e. The van der Waals surface area contributed by atoms with Gasteiger partial charge >= 0.3 is 13.2 Å². The van der Waals surface area contributed by atoms with E-state index in [-0.39, 0.29) is 35.8 Å². The number of nitrogens with zero attached hydrogens (tertiary/aromatic N) is 1. The summed E-state index contributed by atoms with van der Waals surface area (Å²) in [6.07, 6.45) is 1.68. The number of amides is 1. The first kappa shape index (κ1) is 16.1. The second-order valence-corrected chi connectivity index (χ2v) is 9.12. The van der Waals surface area contributed by atoms with E-state index in [1.807, 2.05) is 25.7 Å². The average molecular weight is 309 g/mol. The molecule has 0 unspecified atom stereocenters. The topological polar surface area (TPSA) is 48.0 Å². The summed E-state index contributed by atoms with van der Waals surface area (Å²) in [6.45, 7) is 14.6. The van der Waals surface area contributed by atoms with E-state index in [1.54, 1.807) is 0 Å². The standard InChI is InChI=1S/C16H28BNO4/c1-13(2,3)20-12(19)18-10-16(8-11(18)9-16)17-21-14(4,5)15(6,7)22-17/h11H,8-10H2,1-7H3. The summed E-state index contributed by atoms with van der Waals surface area (Å²) < 4.78 is 17.9. The molecule has 0 radical (unpaired) electrons. The monoisotopic (exact) mass is 309 g/mol. The van der Waals surface area contributed by atoms with E-state index in [0.29, 0.717) is 6.54 Å².